The van der Waals surface area contributed by atoms with Crippen LogP contribution in [0.5, 0.6) is 5.75 Å². The van der Waals surface area contributed by atoms with E-state index in [0.29, 0.717) is 23.6 Å². The SMILES string of the molecule is COc1ccc2cc(C(=O)O)c(NCc3ccc(N(C)C)cc3)nc2c1. The molecule has 26 heavy (non-hydrogen) atoms. The van der Waals surface area contributed by atoms with E-state index in [1.165, 1.54) is 0 Å². The second kappa shape index (κ2) is 7.31. The third kappa shape index (κ3) is 3.69. The number of carbonyl (C=O) groups is 1. The summed E-state index contributed by atoms with van der Waals surface area (Å²) in [6, 6.07) is 15.1. The predicted octanol–water partition coefficient (Wildman–Crippen LogP) is 3.62. The molecule has 2 N–H and O–H groups in total. The summed E-state index contributed by atoms with van der Waals surface area (Å²) in [5.74, 6) is 0.00825. The van der Waals surface area contributed by atoms with E-state index in [2.05, 4.69) is 10.3 Å². The summed E-state index contributed by atoms with van der Waals surface area (Å²) >= 11 is 0. The van der Waals surface area contributed by atoms with Gasteiger partial charge < -0.3 is 20.1 Å². The second-order valence-corrected chi connectivity index (χ2v) is 6.16. The molecule has 0 unspecified atom stereocenters. The van der Waals surface area contributed by atoms with Crippen molar-refractivity contribution >= 4 is 28.4 Å². The number of nitrogens with one attached hydrogen (secondary N) is 1. The minimum atomic E-state index is -1.01. The van der Waals surface area contributed by atoms with Crippen molar-refractivity contribution in [1.29, 1.82) is 0 Å². The minimum absolute atomic E-state index is 0.146. The number of aromatic carboxylic acids is 1. The maximum absolute atomic E-state index is 11.6. The second-order valence-electron chi connectivity index (χ2n) is 6.16. The first-order chi connectivity index (χ1) is 12.5. The van der Waals surface area contributed by atoms with Crippen molar-refractivity contribution in [2.45, 2.75) is 6.54 Å². The molecule has 3 rings (SSSR count). The Labute approximate surface area is 152 Å². The Bertz CT molecular complexity index is 937. The molecule has 2 aromatic carbocycles. The number of hydrogen-bond donors (Lipinski definition) is 2. The largest absolute Gasteiger partial charge is 0.497 e. The van der Waals surface area contributed by atoms with E-state index in [4.69, 9.17) is 4.74 Å². The van der Waals surface area contributed by atoms with Crippen LogP contribution < -0.4 is 15.0 Å². The average molecular weight is 351 g/mol. The molecule has 0 saturated carbocycles. The highest BCUT2D eigenvalue weighted by atomic mass is 16.5. The van der Waals surface area contributed by atoms with Crippen LogP contribution in [0.2, 0.25) is 0 Å². The summed E-state index contributed by atoms with van der Waals surface area (Å²) in [7, 11) is 5.56. The van der Waals surface area contributed by atoms with E-state index in [9.17, 15) is 9.90 Å². The Kier molecular flexibility index (Phi) is 4.93. The fraction of sp³-hybridized carbons (Fsp3) is 0.200. The van der Waals surface area contributed by atoms with Gasteiger partial charge >= 0.3 is 5.97 Å². The number of methoxy groups -OCH3 is 1. The van der Waals surface area contributed by atoms with Gasteiger partial charge in [0.05, 0.1) is 12.6 Å². The Morgan fingerprint density at radius 1 is 1.15 bits per heavy atom. The number of rotatable bonds is 6. The molecule has 1 aromatic heterocycles. The van der Waals surface area contributed by atoms with Crippen molar-refractivity contribution in [3.05, 3.63) is 59.7 Å². The molecular weight excluding hydrogens is 330 g/mol. The van der Waals surface area contributed by atoms with Crippen LogP contribution in [0.25, 0.3) is 10.9 Å². The van der Waals surface area contributed by atoms with Gasteiger partial charge in [-0.05, 0) is 35.9 Å². The van der Waals surface area contributed by atoms with Crippen LogP contribution in [0.4, 0.5) is 11.5 Å². The van der Waals surface area contributed by atoms with Gasteiger partial charge in [0.25, 0.3) is 0 Å². The quantitative estimate of drug-likeness (QED) is 0.706. The standard InChI is InChI=1S/C20H21N3O3/c1-23(2)15-7-4-13(5-8-15)12-21-19-17(20(24)25)10-14-6-9-16(26-3)11-18(14)22-19/h4-11H,12H2,1-3H3,(H,21,22)(H,24,25). The van der Waals surface area contributed by atoms with Gasteiger partial charge in [-0.25, -0.2) is 9.78 Å². The van der Waals surface area contributed by atoms with E-state index in [0.717, 1.165) is 16.6 Å². The third-order valence-corrected chi connectivity index (χ3v) is 4.17. The van der Waals surface area contributed by atoms with Crippen molar-refractivity contribution in [3.8, 4) is 5.75 Å². The fourth-order valence-electron chi connectivity index (χ4n) is 2.67. The summed E-state index contributed by atoms with van der Waals surface area (Å²) in [5.41, 5.74) is 2.97. The number of ether oxygens (including phenoxy) is 1. The molecule has 3 aromatic rings. The molecule has 0 aliphatic carbocycles. The zero-order valence-electron chi connectivity index (χ0n) is 15.0. The van der Waals surface area contributed by atoms with Gasteiger partial charge in [-0.15, -0.1) is 0 Å². The number of aromatic nitrogens is 1. The first-order valence-corrected chi connectivity index (χ1v) is 8.20. The number of carboxylic acid groups (broad SMARTS) is 1. The lowest BCUT2D eigenvalue weighted by Gasteiger charge is -2.14. The first kappa shape index (κ1) is 17.5. The molecule has 0 aliphatic heterocycles. The Hall–Kier alpha value is -3.28. The first-order valence-electron chi connectivity index (χ1n) is 8.20. The van der Waals surface area contributed by atoms with E-state index in [1.807, 2.05) is 43.3 Å². The number of carboxylic acids is 1. The monoisotopic (exact) mass is 351 g/mol. The molecule has 0 aliphatic rings. The van der Waals surface area contributed by atoms with Crippen molar-refractivity contribution in [3.63, 3.8) is 0 Å². The number of anilines is 2. The van der Waals surface area contributed by atoms with Gasteiger partial charge in [0.1, 0.15) is 17.1 Å². The average Bonchev–Trinajstić information content (AvgIpc) is 2.65. The lowest BCUT2D eigenvalue weighted by atomic mass is 10.1. The minimum Gasteiger partial charge on any atom is -0.497 e. The molecule has 0 spiro atoms. The predicted molar refractivity (Wildman–Crippen MR) is 103 cm³/mol. The van der Waals surface area contributed by atoms with Crippen molar-refractivity contribution in [2.75, 3.05) is 31.4 Å². The molecule has 6 nitrogen and oxygen atoms in total. The summed E-state index contributed by atoms with van der Waals surface area (Å²) in [6.45, 7) is 0.483. The Morgan fingerprint density at radius 3 is 2.50 bits per heavy atom. The number of fused-ring (bicyclic) bond motifs is 1. The van der Waals surface area contributed by atoms with Gasteiger partial charge in [-0.2, -0.15) is 0 Å². The zero-order valence-corrected chi connectivity index (χ0v) is 15.0. The van der Waals surface area contributed by atoms with E-state index < -0.39 is 5.97 Å². The molecule has 0 radical (unpaired) electrons. The van der Waals surface area contributed by atoms with E-state index in [1.54, 1.807) is 31.4 Å². The summed E-state index contributed by atoms with van der Waals surface area (Å²) < 4.78 is 5.22. The molecule has 0 saturated heterocycles. The van der Waals surface area contributed by atoms with Crippen LogP contribution in [0, 0.1) is 0 Å². The van der Waals surface area contributed by atoms with Gasteiger partial charge in [0.2, 0.25) is 0 Å². The van der Waals surface area contributed by atoms with E-state index in [-0.39, 0.29) is 5.56 Å². The Balaban J connectivity index is 1.89. The van der Waals surface area contributed by atoms with Gasteiger partial charge in [-0.1, -0.05) is 12.1 Å². The molecular formula is C20H21N3O3. The molecule has 134 valence electrons. The van der Waals surface area contributed by atoms with Crippen LogP contribution in [0.3, 0.4) is 0 Å². The fourth-order valence-corrected chi connectivity index (χ4v) is 2.67. The van der Waals surface area contributed by atoms with Crippen LogP contribution in [0.15, 0.2) is 48.5 Å². The Morgan fingerprint density at radius 2 is 1.88 bits per heavy atom. The highest BCUT2D eigenvalue weighted by Gasteiger charge is 2.14. The van der Waals surface area contributed by atoms with Crippen LogP contribution in [0.1, 0.15) is 15.9 Å². The number of hydrogen-bond acceptors (Lipinski definition) is 5. The number of pyridine rings is 1. The molecule has 0 atom stereocenters. The lowest BCUT2D eigenvalue weighted by molar-refractivity contribution is 0.0697. The van der Waals surface area contributed by atoms with Crippen molar-refractivity contribution < 1.29 is 14.6 Å². The van der Waals surface area contributed by atoms with Crippen molar-refractivity contribution in [2.24, 2.45) is 0 Å². The van der Waals surface area contributed by atoms with Crippen LogP contribution in [-0.2, 0) is 6.54 Å². The van der Waals surface area contributed by atoms with E-state index >= 15 is 0 Å². The van der Waals surface area contributed by atoms with Gasteiger partial charge in [0.15, 0.2) is 0 Å². The molecule has 1 heterocycles. The highest BCUT2D eigenvalue weighted by molar-refractivity contribution is 5.98. The lowest BCUT2D eigenvalue weighted by Crippen LogP contribution is -2.10. The normalized spacial score (nSPS) is 10.6. The summed E-state index contributed by atoms with van der Waals surface area (Å²) in [5, 5.41) is 13.4. The topological polar surface area (TPSA) is 74.7 Å². The van der Waals surface area contributed by atoms with Gasteiger partial charge in [0, 0.05) is 37.8 Å². The molecule has 0 amide bonds. The smallest absolute Gasteiger partial charge is 0.339 e. The molecule has 0 bridgehead atoms. The van der Waals surface area contributed by atoms with Crippen LogP contribution in [-0.4, -0.2) is 37.3 Å². The summed E-state index contributed by atoms with van der Waals surface area (Å²) in [6.07, 6.45) is 0. The molecule has 6 heteroatoms. The number of benzene rings is 2. The van der Waals surface area contributed by atoms with Gasteiger partial charge in [-0.3, -0.25) is 0 Å². The third-order valence-electron chi connectivity index (χ3n) is 4.17. The highest BCUT2D eigenvalue weighted by Crippen LogP contribution is 2.25. The summed E-state index contributed by atoms with van der Waals surface area (Å²) in [4.78, 5) is 18.1. The molecule has 0 fully saturated rings. The zero-order chi connectivity index (χ0) is 18.7. The maximum atomic E-state index is 11.6. The van der Waals surface area contributed by atoms with Crippen molar-refractivity contribution in [1.82, 2.24) is 4.98 Å². The number of nitrogens with zero attached hydrogens (tertiary/aromatic N) is 2. The maximum Gasteiger partial charge on any atom is 0.339 e. The van der Waals surface area contributed by atoms with Crippen LogP contribution >= 0.6 is 0 Å².